The molecule has 2 aliphatic rings. The van der Waals surface area contributed by atoms with E-state index in [-0.39, 0.29) is 12.0 Å². The third-order valence-corrected chi connectivity index (χ3v) is 4.78. The van der Waals surface area contributed by atoms with Crippen LogP contribution < -0.4 is 15.8 Å². The number of rotatable bonds is 2. The highest BCUT2D eigenvalue weighted by Crippen LogP contribution is 2.39. The van der Waals surface area contributed by atoms with Gasteiger partial charge >= 0.3 is 0 Å². The second-order valence-corrected chi connectivity index (χ2v) is 6.70. The SMILES string of the molecule is CC1CCCC(Oc2cc3c(cc2Br)C(N)C(=O)N3)C1. The summed E-state index contributed by atoms with van der Waals surface area (Å²) >= 11 is 3.52. The molecule has 0 bridgehead atoms. The Hall–Kier alpha value is -1.07. The van der Waals surface area contributed by atoms with Crippen molar-refractivity contribution in [2.75, 3.05) is 5.32 Å². The molecular weight excluding hydrogens is 320 g/mol. The van der Waals surface area contributed by atoms with Gasteiger partial charge in [0, 0.05) is 17.3 Å². The molecule has 1 saturated carbocycles. The maximum absolute atomic E-state index is 11.6. The minimum Gasteiger partial charge on any atom is -0.489 e. The summed E-state index contributed by atoms with van der Waals surface area (Å²) in [5.74, 6) is 1.35. The number of benzene rings is 1. The molecule has 3 atom stereocenters. The summed E-state index contributed by atoms with van der Waals surface area (Å²) in [6.07, 6.45) is 4.96. The number of amides is 1. The Kier molecular flexibility index (Phi) is 3.73. The van der Waals surface area contributed by atoms with E-state index < -0.39 is 6.04 Å². The van der Waals surface area contributed by atoms with E-state index in [0.29, 0.717) is 0 Å². The molecule has 0 aromatic heterocycles. The summed E-state index contributed by atoms with van der Waals surface area (Å²) in [7, 11) is 0. The van der Waals surface area contributed by atoms with Crippen LogP contribution in [0.1, 0.15) is 44.2 Å². The van der Waals surface area contributed by atoms with Gasteiger partial charge in [-0.1, -0.05) is 13.3 Å². The van der Waals surface area contributed by atoms with Crippen molar-refractivity contribution in [3.8, 4) is 5.75 Å². The number of halogens is 1. The minimum absolute atomic E-state index is 0.157. The molecule has 1 aromatic rings. The third kappa shape index (κ3) is 2.56. The van der Waals surface area contributed by atoms with Crippen LogP contribution in [0.15, 0.2) is 16.6 Å². The first-order chi connectivity index (χ1) is 9.54. The standard InChI is InChI=1S/C15H19BrN2O2/c1-8-3-2-4-9(5-8)20-13-7-12-10(6-11(13)16)14(17)15(19)18-12/h6-9,14H,2-5,17H2,1H3,(H,18,19). The van der Waals surface area contributed by atoms with Crippen LogP contribution in [-0.2, 0) is 4.79 Å². The number of fused-ring (bicyclic) bond motifs is 1. The van der Waals surface area contributed by atoms with Gasteiger partial charge in [0.2, 0.25) is 5.91 Å². The lowest BCUT2D eigenvalue weighted by Gasteiger charge is -2.28. The minimum atomic E-state index is -0.579. The van der Waals surface area contributed by atoms with Gasteiger partial charge in [0.05, 0.1) is 10.6 Å². The summed E-state index contributed by atoms with van der Waals surface area (Å²) in [5, 5.41) is 2.80. The highest BCUT2D eigenvalue weighted by atomic mass is 79.9. The molecule has 1 amide bonds. The lowest BCUT2D eigenvalue weighted by atomic mass is 9.89. The van der Waals surface area contributed by atoms with Crippen LogP contribution in [0, 0.1) is 5.92 Å². The Morgan fingerprint density at radius 1 is 1.40 bits per heavy atom. The number of hydrogen-bond acceptors (Lipinski definition) is 3. The maximum Gasteiger partial charge on any atom is 0.245 e. The lowest BCUT2D eigenvalue weighted by Crippen LogP contribution is -2.24. The number of carbonyl (C=O) groups is 1. The first-order valence-corrected chi connectivity index (χ1v) is 7.90. The normalized spacial score (nSPS) is 28.9. The van der Waals surface area contributed by atoms with E-state index in [4.69, 9.17) is 10.5 Å². The number of nitrogens with two attached hydrogens (primary N) is 1. The zero-order chi connectivity index (χ0) is 14.3. The quantitative estimate of drug-likeness (QED) is 0.868. The van der Waals surface area contributed by atoms with E-state index in [1.54, 1.807) is 0 Å². The fraction of sp³-hybridized carbons (Fsp3) is 0.533. The van der Waals surface area contributed by atoms with Crippen LogP contribution in [0.5, 0.6) is 5.75 Å². The van der Waals surface area contributed by atoms with Crippen LogP contribution in [-0.4, -0.2) is 12.0 Å². The van der Waals surface area contributed by atoms with Gasteiger partial charge in [-0.2, -0.15) is 0 Å². The van der Waals surface area contributed by atoms with Crippen molar-refractivity contribution in [3.05, 3.63) is 22.2 Å². The number of carbonyl (C=O) groups excluding carboxylic acids is 1. The zero-order valence-corrected chi connectivity index (χ0v) is 13.1. The van der Waals surface area contributed by atoms with Gasteiger partial charge in [-0.05, 0) is 47.2 Å². The summed E-state index contributed by atoms with van der Waals surface area (Å²) in [5.41, 5.74) is 7.43. The second-order valence-electron chi connectivity index (χ2n) is 5.85. The van der Waals surface area contributed by atoms with Crippen LogP contribution in [0.25, 0.3) is 0 Å². The van der Waals surface area contributed by atoms with E-state index in [1.807, 2.05) is 12.1 Å². The van der Waals surface area contributed by atoms with E-state index >= 15 is 0 Å². The van der Waals surface area contributed by atoms with Gasteiger partial charge in [0.15, 0.2) is 0 Å². The monoisotopic (exact) mass is 338 g/mol. The van der Waals surface area contributed by atoms with Gasteiger partial charge in [-0.25, -0.2) is 0 Å². The Morgan fingerprint density at radius 2 is 2.20 bits per heavy atom. The fourth-order valence-corrected chi connectivity index (χ4v) is 3.50. The molecule has 0 saturated heterocycles. The van der Waals surface area contributed by atoms with Gasteiger partial charge in [-0.3, -0.25) is 4.79 Å². The van der Waals surface area contributed by atoms with Gasteiger partial charge in [0.25, 0.3) is 0 Å². The van der Waals surface area contributed by atoms with Crippen molar-refractivity contribution in [2.24, 2.45) is 11.7 Å². The molecule has 1 fully saturated rings. The van der Waals surface area contributed by atoms with Crippen molar-refractivity contribution in [2.45, 2.75) is 44.8 Å². The van der Waals surface area contributed by atoms with E-state index in [9.17, 15) is 4.79 Å². The number of anilines is 1. The van der Waals surface area contributed by atoms with Crippen molar-refractivity contribution < 1.29 is 9.53 Å². The molecule has 3 N–H and O–H groups in total. The van der Waals surface area contributed by atoms with Crippen LogP contribution in [0.3, 0.4) is 0 Å². The van der Waals surface area contributed by atoms with Crippen molar-refractivity contribution in [3.63, 3.8) is 0 Å². The highest BCUT2D eigenvalue weighted by molar-refractivity contribution is 9.10. The Bertz CT molecular complexity index is 547. The predicted octanol–water partition coefficient (Wildman–Crippen LogP) is 3.36. The first kappa shape index (κ1) is 13.9. The zero-order valence-electron chi connectivity index (χ0n) is 11.5. The first-order valence-electron chi connectivity index (χ1n) is 7.11. The van der Waals surface area contributed by atoms with E-state index in [0.717, 1.165) is 40.2 Å². The predicted molar refractivity (Wildman–Crippen MR) is 81.7 cm³/mol. The molecule has 1 aliphatic heterocycles. The average molecular weight is 339 g/mol. The van der Waals surface area contributed by atoms with Crippen LogP contribution in [0.4, 0.5) is 5.69 Å². The summed E-state index contributed by atoms with van der Waals surface area (Å²) in [4.78, 5) is 11.6. The molecular formula is C15H19BrN2O2. The van der Waals surface area contributed by atoms with Crippen molar-refractivity contribution >= 4 is 27.5 Å². The third-order valence-electron chi connectivity index (χ3n) is 4.16. The number of ether oxygens (including phenoxy) is 1. The topological polar surface area (TPSA) is 64.3 Å². The molecule has 108 valence electrons. The summed E-state index contributed by atoms with van der Waals surface area (Å²) < 4.78 is 6.98. The van der Waals surface area contributed by atoms with E-state index in [1.165, 1.54) is 12.8 Å². The maximum atomic E-state index is 11.6. The highest BCUT2D eigenvalue weighted by Gasteiger charge is 2.29. The number of nitrogens with one attached hydrogen (secondary N) is 1. The van der Waals surface area contributed by atoms with Crippen LogP contribution >= 0.6 is 15.9 Å². The van der Waals surface area contributed by atoms with Gasteiger partial charge in [-0.15, -0.1) is 0 Å². The lowest BCUT2D eigenvalue weighted by molar-refractivity contribution is -0.116. The largest absolute Gasteiger partial charge is 0.489 e. The van der Waals surface area contributed by atoms with Gasteiger partial charge < -0.3 is 15.8 Å². The molecule has 20 heavy (non-hydrogen) atoms. The molecule has 1 heterocycles. The molecule has 1 aliphatic carbocycles. The van der Waals surface area contributed by atoms with Crippen LogP contribution in [0.2, 0.25) is 0 Å². The summed E-state index contributed by atoms with van der Waals surface area (Å²) in [6.45, 7) is 2.27. The Balaban J connectivity index is 1.81. The molecule has 0 radical (unpaired) electrons. The Morgan fingerprint density at radius 3 is 2.95 bits per heavy atom. The number of hydrogen-bond donors (Lipinski definition) is 2. The fourth-order valence-electron chi connectivity index (χ4n) is 3.04. The molecule has 1 aromatic carbocycles. The smallest absolute Gasteiger partial charge is 0.245 e. The molecule has 3 rings (SSSR count). The van der Waals surface area contributed by atoms with Gasteiger partial charge in [0.1, 0.15) is 11.8 Å². The Labute approximate surface area is 127 Å². The molecule has 3 unspecified atom stereocenters. The average Bonchev–Trinajstić information content (AvgIpc) is 2.66. The van der Waals surface area contributed by atoms with Crippen molar-refractivity contribution in [1.82, 2.24) is 0 Å². The van der Waals surface area contributed by atoms with E-state index in [2.05, 4.69) is 28.2 Å². The van der Waals surface area contributed by atoms with Crippen molar-refractivity contribution in [1.29, 1.82) is 0 Å². The summed E-state index contributed by atoms with van der Waals surface area (Å²) in [6, 6.07) is 3.19. The molecule has 4 nitrogen and oxygen atoms in total. The second kappa shape index (κ2) is 5.37. The molecule has 5 heteroatoms. The molecule has 0 spiro atoms.